The molecule has 1 N–H and O–H groups in total. The molecule has 2 aromatic carbocycles. The van der Waals surface area contributed by atoms with Crippen molar-refractivity contribution in [3.05, 3.63) is 60.4 Å². The predicted molar refractivity (Wildman–Crippen MR) is 125 cm³/mol. The highest BCUT2D eigenvalue weighted by Crippen LogP contribution is 2.24. The van der Waals surface area contributed by atoms with Gasteiger partial charge in [-0.1, -0.05) is 30.0 Å². The number of hydrogen-bond donors (Lipinski definition) is 1. The van der Waals surface area contributed by atoms with Crippen LogP contribution in [-0.4, -0.2) is 59.5 Å². The number of rotatable bonds is 9. The number of nitrogens with one attached hydrogen (secondary N) is 1. The van der Waals surface area contributed by atoms with E-state index in [0.29, 0.717) is 23.2 Å². The average molecular weight is 489 g/mol. The van der Waals surface area contributed by atoms with Crippen molar-refractivity contribution < 1.29 is 22.7 Å². The number of amides is 1. The number of methoxy groups -OCH3 is 1. The van der Waals surface area contributed by atoms with E-state index in [4.69, 9.17) is 9.47 Å². The van der Waals surface area contributed by atoms with E-state index < -0.39 is 9.84 Å². The SMILES string of the molecule is COc1ccc(OCc2nnc(SCC(=O)NC3CCS(=O)(=O)C3)n2-c2ccccc2)cc1. The Bertz CT molecular complexity index is 1200. The molecule has 2 heterocycles. The van der Waals surface area contributed by atoms with Crippen LogP contribution in [0.4, 0.5) is 0 Å². The van der Waals surface area contributed by atoms with Crippen molar-refractivity contribution in [1.82, 2.24) is 20.1 Å². The predicted octanol–water partition coefficient (Wildman–Crippen LogP) is 2.25. The Morgan fingerprint density at radius 3 is 2.52 bits per heavy atom. The maximum Gasteiger partial charge on any atom is 0.230 e. The first-order valence-corrected chi connectivity index (χ1v) is 13.1. The summed E-state index contributed by atoms with van der Waals surface area (Å²) in [4.78, 5) is 12.4. The molecule has 0 radical (unpaired) electrons. The molecule has 1 amide bonds. The summed E-state index contributed by atoms with van der Waals surface area (Å²) >= 11 is 1.24. The molecule has 1 aliphatic heterocycles. The highest BCUT2D eigenvalue weighted by atomic mass is 32.2. The first-order valence-electron chi connectivity index (χ1n) is 10.3. The lowest BCUT2D eigenvalue weighted by atomic mass is 10.3. The first-order chi connectivity index (χ1) is 15.9. The summed E-state index contributed by atoms with van der Waals surface area (Å²) in [7, 11) is -1.45. The van der Waals surface area contributed by atoms with Crippen molar-refractivity contribution in [2.24, 2.45) is 0 Å². The Hall–Kier alpha value is -3.05. The molecule has 0 spiro atoms. The standard InChI is InChI=1S/C22H24N4O5S2/c1-30-18-7-9-19(10-8-18)31-13-20-24-25-22(26(20)17-5-3-2-4-6-17)32-14-21(27)23-16-11-12-33(28,29)15-16/h2-10,16H,11-15H2,1H3,(H,23,27). The van der Waals surface area contributed by atoms with E-state index >= 15 is 0 Å². The van der Waals surface area contributed by atoms with Crippen molar-refractivity contribution >= 4 is 27.5 Å². The van der Waals surface area contributed by atoms with Gasteiger partial charge in [0.05, 0.1) is 24.4 Å². The van der Waals surface area contributed by atoms with E-state index in [-0.39, 0.29) is 35.8 Å². The lowest BCUT2D eigenvalue weighted by Gasteiger charge is -2.12. The van der Waals surface area contributed by atoms with Crippen LogP contribution < -0.4 is 14.8 Å². The molecular weight excluding hydrogens is 464 g/mol. The van der Waals surface area contributed by atoms with Crippen LogP contribution >= 0.6 is 11.8 Å². The lowest BCUT2D eigenvalue weighted by molar-refractivity contribution is -0.119. The molecule has 11 heteroatoms. The number of carbonyl (C=O) groups excluding carboxylic acids is 1. The number of thioether (sulfide) groups is 1. The van der Waals surface area contributed by atoms with Gasteiger partial charge in [0.2, 0.25) is 5.91 Å². The Kier molecular flexibility index (Phi) is 7.19. The second-order valence-corrected chi connectivity index (χ2v) is 10.7. The van der Waals surface area contributed by atoms with Gasteiger partial charge in [0.15, 0.2) is 20.8 Å². The van der Waals surface area contributed by atoms with E-state index in [1.807, 2.05) is 59.2 Å². The maximum atomic E-state index is 12.4. The number of benzene rings is 2. The molecule has 33 heavy (non-hydrogen) atoms. The van der Waals surface area contributed by atoms with Crippen molar-refractivity contribution in [1.29, 1.82) is 0 Å². The fraction of sp³-hybridized carbons (Fsp3) is 0.318. The van der Waals surface area contributed by atoms with Gasteiger partial charge in [-0.25, -0.2) is 8.42 Å². The number of sulfone groups is 1. The van der Waals surface area contributed by atoms with Crippen LogP contribution in [0.15, 0.2) is 59.8 Å². The van der Waals surface area contributed by atoms with Gasteiger partial charge < -0.3 is 14.8 Å². The number of nitrogens with zero attached hydrogens (tertiary/aromatic N) is 3. The molecule has 0 bridgehead atoms. The van der Waals surface area contributed by atoms with Gasteiger partial charge in [-0.3, -0.25) is 9.36 Å². The van der Waals surface area contributed by atoms with Gasteiger partial charge >= 0.3 is 0 Å². The van der Waals surface area contributed by atoms with Gasteiger partial charge in [0.1, 0.15) is 18.1 Å². The molecule has 1 saturated heterocycles. The Morgan fingerprint density at radius 1 is 1.12 bits per heavy atom. The number of ether oxygens (including phenoxy) is 2. The molecule has 1 unspecified atom stereocenters. The van der Waals surface area contributed by atoms with Crippen molar-refractivity contribution in [3.8, 4) is 17.2 Å². The Labute approximate surface area is 196 Å². The van der Waals surface area contributed by atoms with Crippen LogP contribution in [0.1, 0.15) is 12.2 Å². The van der Waals surface area contributed by atoms with Crippen LogP contribution in [0.2, 0.25) is 0 Å². The minimum atomic E-state index is -3.05. The minimum Gasteiger partial charge on any atom is -0.497 e. The van der Waals surface area contributed by atoms with Crippen molar-refractivity contribution in [2.45, 2.75) is 24.2 Å². The zero-order valence-electron chi connectivity index (χ0n) is 18.0. The molecule has 0 saturated carbocycles. The molecular formula is C22H24N4O5S2. The minimum absolute atomic E-state index is 0.00352. The summed E-state index contributed by atoms with van der Waals surface area (Å²) in [6.07, 6.45) is 0.450. The molecule has 1 aromatic heterocycles. The van der Waals surface area contributed by atoms with Gasteiger partial charge in [-0.15, -0.1) is 10.2 Å². The zero-order chi connectivity index (χ0) is 23.3. The summed E-state index contributed by atoms with van der Waals surface area (Å²) < 4.78 is 36.1. The Morgan fingerprint density at radius 2 is 1.85 bits per heavy atom. The zero-order valence-corrected chi connectivity index (χ0v) is 19.6. The second-order valence-electron chi connectivity index (χ2n) is 7.49. The smallest absolute Gasteiger partial charge is 0.230 e. The number of hydrogen-bond acceptors (Lipinski definition) is 8. The van der Waals surface area contributed by atoms with Gasteiger partial charge in [0.25, 0.3) is 0 Å². The van der Waals surface area contributed by atoms with Crippen LogP contribution in [0.5, 0.6) is 11.5 Å². The second kappa shape index (κ2) is 10.3. The first kappa shape index (κ1) is 23.1. The summed E-state index contributed by atoms with van der Waals surface area (Å²) in [5.74, 6) is 1.96. The molecule has 0 aliphatic carbocycles. The van der Waals surface area contributed by atoms with Gasteiger partial charge in [-0.05, 0) is 42.8 Å². The largest absolute Gasteiger partial charge is 0.497 e. The summed E-state index contributed by atoms with van der Waals surface area (Å²) in [5.41, 5.74) is 0.848. The van der Waals surface area contributed by atoms with E-state index in [9.17, 15) is 13.2 Å². The van der Waals surface area contributed by atoms with Crippen LogP contribution in [-0.2, 0) is 21.2 Å². The summed E-state index contributed by atoms with van der Waals surface area (Å²) in [6, 6.07) is 16.5. The van der Waals surface area contributed by atoms with Crippen molar-refractivity contribution in [3.63, 3.8) is 0 Å². The third-order valence-electron chi connectivity index (χ3n) is 5.07. The van der Waals surface area contributed by atoms with Crippen LogP contribution in [0.3, 0.4) is 0 Å². The summed E-state index contributed by atoms with van der Waals surface area (Å²) in [5, 5.41) is 11.9. The van der Waals surface area contributed by atoms with E-state index in [0.717, 1.165) is 11.4 Å². The monoisotopic (exact) mass is 488 g/mol. The quantitative estimate of drug-likeness (QED) is 0.457. The fourth-order valence-corrected chi connectivity index (χ4v) is 5.91. The molecule has 174 valence electrons. The topological polar surface area (TPSA) is 112 Å². The summed E-state index contributed by atoms with van der Waals surface area (Å²) in [6.45, 7) is 0.181. The van der Waals surface area contributed by atoms with Gasteiger partial charge in [0, 0.05) is 11.7 Å². The highest BCUT2D eigenvalue weighted by molar-refractivity contribution is 7.99. The third kappa shape index (κ3) is 6.05. The maximum absolute atomic E-state index is 12.4. The fourth-order valence-electron chi connectivity index (χ4n) is 3.45. The molecule has 3 aromatic rings. The average Bonchev–Trinajstić information content (AvgIpc) is 3.39. The van der Waals surface area contributed by atoms with E-state index in [2.05, 4.69) is 15.5 Å². The molecule has 1 aliphatic rings. The van der Waals surface area contributed by atoms with Crippen LogP contribution in [0, 0.1) is 0 Å². The van der Waals surface area contributed by atoms with Gasteiger partial charge in [-0.2, -0.15) is 0 Å². The highest BCUT2D eigenvalue weighted by Gasteiger charge is 2.29. The molecule has 1 fully saturated rings. The molecule has 9 nitrogen and oxygen atoms in total. The number of aromatic nitrogens is 3. The van der Waals surface area contributed by atoms with E-state index in [1.54, 1.807) is 7.11 Å². The van der Waals surface area contributed by atoms with E-state index in [1.165, 1.54) is 11.8 Å². The lowest BCUT2D eigenvalue weighted by Crippen LogP contribution is -2.36. The third-order valence-corrected chi connectivity index (χ3v) is 7.77. The van der Waals surface area contributed by atoms with Crippen LogP contribution in [0.25, 0.3) is 5.69 Å². The molecule has 1 atom stereocenters. The Balaban J connectivity index is 1.45. The number of carbonyl (C=O) groups is 1. The van der Waals surface area contributed by atoms with Crippen molar-refractivity contribution in [2.75, 3.05) is 24.4 Å². The molecule has 4 rings (SSSR count). The normalized spacial score (nSPS) is 16.9. The number of para-hydroxylation sites is 1.